The van der Waals surface area contributed by atoms with Gasteiger partial charge < -0.3 is 9.66 Å². The largest absolute Gasteiger partial charge is 0.612 e. The van der Waals surface area contributed by atoms with E-state index in [0.717, 1.165) is 24.3 Å². The highest BCUT2D eigenvalue weighted by molar-refractivity contribution is 7.99. The molecule has 0 bridgehead atoms. The molecule has 0 spiro atoms. The lowest BCUT2D eigenvalue weighted by atomic mass is 9.96. The molecule has 0 aliphatic carbocycles. The molecule has 1 unspecified atom stereocenters. The highest BCUT2D eigenvalue weighted by Gasteiger charge is 2.17. The van der Waals surface area contributed by atoms with Gasteiger partial charge in [-0.05, 0) is 71.3 Å². The van der Waals surface area contributed by atoms with Crippen LogP contribution in [0.4, 0.5) is 0 Å². The van der Waals surface area contributed by atoms with Gasteiger partial charge in [0.05, 0.1) is 5.57 Å². The van der Waals surface area contributed by atoms with Crippen LogP contribution in [0.2, 0.25) is 0 Å². The molecule has 108 valence electrons. The van der Waals surface area contributed by atoms with Crippen molar-refractivity contribution in [2.24, 2.45) is 5.92 Å². The predicted octanol–water partition coefficient (Wildman–Crippen LogP) is 3.04. The van der Waals surface area contributed by atoms with Crippen molar-refractivity contribution in [2.75, 3.05) is 17.8 Å². The third kappa shape index (κ3) is 4.04. The van der Waals surface area contributed by atoms with E-state index in [-0.39, 0.29) is 0 Å². The van der Waals surface area contributed by atoms with Crippen LogP contribution in [0.3, 0.4) is 0 Å². The fourth-order valence-corrected chi connectivity index (χ4v) is 3.90. The van der Waals surface area contributed by atoms with Gasteiger partial charge in [0, 0.05) is 0 Å². The second-order valence-corrected chi connectivity index (χ2v) is 7.42. The molecule has 1 aromatic rings. The molecule has 1 N–H and O–H groups in total. The molecule has 20 heavy (non-hydrogen) atoms. The van der Waals surface area contributed by atoms with E-state index in [9.17, 15) is 14.5 Å². The molecule has 1 saturated heterocycles. The summed E-state index contributed by atoms with van der Waals surface area (Å²) in [5, 5.41) is 9.40. The lowest BCUT2D eigenvalue weighted by molar-refractivity contribution is -0.130. The number of thioether (sulfide) groups is 1. The Morgan fingerprint density at radius 2 is 1.95 bits per heavy atom. The van der Waals surface area contributed by atoms with Gasteiger partial charge in [0.2, 0.25) is 0 Å². The first-order valence-electron chi connectivity index (χ1n) is 6.54. The molecule has 1 aliphatic rings. The number of hydrogen-bond donors (Lipinski definition) is 1. The van der Waals surface area contributed by atoms with Gasteiger partial charge in [0.1, 0.15) is 6.26 Å². The molecule has 5 heteroatoms. The van der Waals surface area contributed by atoms with E-state index in [1.807, 2.05) is 17.8 Å². The van der Waals surface area contributed by atoms with Crippen molar-refractivity contribution in [1.82, 2.24) is 0 Å². The quantitative estimate of drug-likeness (QED) is 0.686. The van der Waals surface area contributed by atoms with Crippen LogP contribution in [0, 0.1) is 5.92 Å². The number of carbonyl (C=O) groups is 1. The summed E-state index contributed by atoms with van der Waals surface area (Å²) < 4.78 is 11.4. The molecule has 2 rings (SSSR count). The van der Waals surface area contributed by atoms with E-state index in [2.05, 4.69) is 0 Å². The van der Waals surface area contributed by atoms with Crippen LogP contribution in [0.25, 0.3) is 5.57 Å². The van der Waals surface area contributed by atoms with E-state index >= 15 is 0 Å². The molecule has 1 aromatic carbocycles. The average molecular weight is 310 g/mol. The van der Waals surface area contributed by atoms with Crippen LogP contribution in [0.5, 0.6) is 0 Å². The topological polar surface area (TPSA) is 60.4 Å². The normalized spacial score (nSPS) is 18.8. The highest BCUT2D eigenvalue weighted by Crippen LogP contribution is 2.27. The summed E-state index contributed by atoms with van der Waals surface area (Å²) in [4.78, 5) is 12.2. The number of carboxylic acid groups (broad SMARTS) is 1. The van der Waals surface area contributed by atoms with Crippen LogP contribution in [-0.2, 0) is 16.0 Å². The molecule has 0 radical (unpaired) electrons. The minimum absolute atomic E-state index is 0.349. The summed E-state index contributed by atoms with van der Waals surface area (Å²) in [7, 11) is 0. The number of rotatable bonds is 4. The van der Waals surface area contributed by atoms with Gasteiger partial charge in [0.15, 0.2) is 4.90 Å². The molecule has 0 aromatic heterocycles. The first-order valence-corrected chi connectivity index (χ1v) is 9.26. The van der Waals surface area contributed by atoms with Crippen molar-refractivity contribution >= 4 is 34.5 Å². The summed E-state index contributed by atoms with van der Waals surface area (Å²) in [5.74, 6) is 1.65. The van der Waals surface area contributed by atoms with Crippen molar-refractivity contribution < 1.29 is 14.5 Å². The average Bonchev–Trinajstić information content (AvgIpc) is 2.45. The molecular weight excluding hydrogens is 292 g/mol. The minimum atomic E-state index is -1.04. The predicted molar refractivity (Wildman–Crippen MR) is 84.4 cm³/mol. The van der Waals surface area contributed by atoms with Crippen molar-refractivity contribution in [3.8, 4) is 0 Å². The minimum Gasteiger partial charge on any atom is -0.612 e. The SMILES string of the molecule is C[S+]([O-])c1ccc(C(=CC2CCSCC2)C(=O)O)cc1. The smallest absolute Gasteiger partial charge is 0.335 e. The monoisotopic (exact) mass is 310 g/mol. The van der Waals surface area contributed by atoms with Gasteiger partial charge in [-0.2, -0.15) is 11.8 Å². The first kappa shape index (κ1) is 15.5. The van der Waals surface area contributed by atoms with Crippen LogP contribution in [0.1, 0.15) is 18.4 Å². The maximum atomic E-state index is 11.5. The van der Waals surface area contributed by atoms with E-state index in [4.69, 9.17) is 0 Å². The Kier molecular flexibility index (Phi) is 5.57. The lowest BCUT2D eigenvalue weighted by Crippen LogP contribution is -2.10. The third-order valence-electron chi connectivity index (χ3n) is 3.40. The third-order valence-corrected chi connectivity index (χ3v) is 5.38. The Morgan fingerprint density at radius 3 is 2.45 bits per heavy atom. The number of allylic oxidation sites excluding steroid dienone is 1. The van der Waals surface area contributed by atoms with Crippen molar-refractivity contribution in [3.05, 3.63) is 35.9 Å². The summed E-state index contributed by atoms with van der Waals surface area (Å²) in [5.41, 5.74) is 1.04. The van der Waals surface area contributed by atoms with Gasteiger partial charge in [-0.3, -0.25) is 0 Å². The molecule has 1 atom stereocenters. The Balaban J connectivity index is 2.23. The zero-order valence-corrected chi connectivity index (χ0v) is 13.0. The van der Waals surface area contributed by atoms with E-state index in [1.54, 1.807) is 30.5 Å². The van der Waals surface area contributed by atoms with Gasteiger partial charge in [-0.1, -0.05) is 6.08 Å². The Hall–Kier alpha value is -0.910. The van der Waals surface area contributed by atoms with Crippen LogP contribution >= 0.6 is 11.8 Å². The highest BCUT2D eigenvalue weighted by atomic mass is 32.2. The second kappa shape index (κ2) is 7.20. The van der Waals surface area contributed by atoms with Gasteiger partial charge in [-0.15, -0.1) is 0 Å². The van der Waals surface area contributed by atoms with E-state index < -0.39 is 17.1 Å². The Labute approximate surface area is 126 Å². The molecule has 3 nitrogen and oxygen atoms in total. The molecule has 1 fully saturated rings. The zero-order valence-electron chi connectivity index (χ0n) is 11.4. The lowest BCUT2D eigenvalue weighted by Gasteiger charge is -2.18. The Morgan fingerprint density at radius 1 is 1.35 bits per heavy atom. The standard InChI is InChI=1S/C15H18O3S2/c1-20(18)13-4-2-12(3-5-13)14(15(16)17)10-11-6-8-19-9-7-11/h2-5,10-11H,6-9H2,1H3,(H,16,17). The van der Waals surface area contributed by atoms with Crippen molar-refractivity contribution in [1.29, 1.82) is 0 Å². The number of carboxylic acids is 1. The molecule has 1 aliphatic heterocycles. The summed E-state index contributed by atoms with van der Waals surface area (Å²) >= 11 is 0.888. The molecular formula is C15H18O3S2. The second-order valence-electron chi connectivity index (χ2n) is 4.81. The van der Waals surface area contributed by atoms with Crippen LogP contribution in [0.15, 0.2) is 35.2 Å². The van der Waals surface area contributed by atoms with Crippen molar-refractivity contribution in [2.45, 2.75) is 17.7 Å². The first-order chi connectivity index (χ1) is 9.58. The van der Waals surface area contributed by atoms with Gasteiger partial charge in [-0.25, -0.2) is 4.79 Å². The van der Waals surface area contributed by atoms with E-state index in [0.29, 0.717) is 21.9 Å². The van der Waals surface area contributed by atoms with Crippen LogP contribution in [-0.4, -0.2) is 33.4 Å². The van der Waals surface area contributed by atoms with Gasteiger partial charge >= 0.3 is 5.97 Å². The maximum Gasteiger partial charge on any atom is 0.335 e. The summed E-state index contributed by atoms with van der Waals surface area (Å²) in [6.07, 6.45) is 5.58. The number of hydrogen-bond acceptors (Lipinski definition) is 3. The van der Waals surface area contributed by atoms with Crippen LogP contribution < -0.4 is 0 Å². The van der Waals surface area contributed by atoms with E-state index in [1.165, 1.54) is 0 Å². The maximum absolute atomic E-state index is 11.5. The summed E-state index contributed by atoms with van der Waals surface area (Å²) in [6.45, 7) is 0. The molecule has 1 heterocycles. The van der Waals surface area contributed by atoms with Crippen molar-refractivity contribution in [3.63, 3.8) is 0 Å². The fraction of sp³-hybridized carbons (Fsp3) is 0.400. The van der Waals surface area contributed by atoms with Gasteiger partial charge in [0.25, 0.3) is 0 Å². The summed E-state index contributed by atoms with van der Waals surface area (Å²) in [6, 6.07) is 6.96. The fourth-order valence-electron chi connectivity index (χ4n) is 2.24. The molecule has 0 amide bonds. The molecule has 0 saturated carbocycles. The number of aliphatic carboxylic acids is 1. The number of benzene rings is 1. The Bertz CT molecular complexity index is 488. The zero-order chi connectivity index (χ0) is 14.5.